The molecule has 1 unspecified atom stereocenters. The highest BCUT2D eigenvalue weighted by Crippen LogP contribution is 2.26. The first-order valence-corrected chi connectivity index (χ1v) is 6.19. The largest absolute Gasteiger partial charge is 0.324 e. The van der Waals surface area contributed by atoms with E-state index in [1.807, 2.05) is 12.1 Å². The van der Waals surface area contributed by atoms with Crippen molar-refractivity contribution in [2.75, 3.05) is 0 Å². The maximum Gasteiger partial charge on any atom is 0.0295 e. The van der Waals surface area contributed by atoms with Crippen molar-refractivity contribution >= 4 is 15.9 Å². The monoisotopic (exact) mass is 269 g/mol. The van der Waals surface area contributed by atoms with Crippen LogP contribution in [0.5, 0.6) is 0 Å². The Kier molecular flexibility index (Phi) is 4.35. The third kappa shape index (κ3) is 4.80. The molecule has 1 aromatic carbocycles. The number of nitrogens with two attached hydrogens (primary N) is 1. The van der Waals surface area contributed by atoms with Gasteiger partial charge in [-0.3, -0.25) is 0 Å². The van der Waals surface area contributed by atoms with Crippen LogP contribution in [-0.4, -0.2) is 0 Å². The van der Waals surface area contributed by atoms with E-state index in [4.69, 9.17) is 5.73 Å². The summed E-state index contributed by atoms with van der Waals surface area (Å²) in [5, 5.41) is 0. The summed E-state index contributed by atoms with van der Waals surface area (Å²) in [5.74, 6) is 0. The SMILES string of the molecule is CC(C)(C)CCC(N)c1ccc(Br)cc1. The Morgan fingerprint density at radius 2 is 1.73 bits per heavy atom. The number of hydrogen-bond acceptors (Lipinski definition) is 1. The summed E-state index contributed by atoms with van der Waals surface area (Å²) in [6.45, 7) is 6.75. The lowest BCUT2D eigenvalue weighted by Gasteiger charge is -2.21. The molecule has 0 amide bonds. The van der Waals surface area contributed by atoms with Crippen molar-refractivity contribution in [3.63, 3.8) is 0 Å². The molecule has 0 saturated carbocycles. The fourth-order valence-electron chi connectivity index (χ4n) is 1.47. The summed E-state index contributed by atoms with van der Waals surface area (Å²) in [5.41, 5.74) is 7.73. The second kappa shape index (κ2) is 5.13. The van der Waals surface area contributed by atoms with Crippen LogP contribution in [0, 0.1) is 5.41 Å². The summed E-state index contributed by atoms with van der Waals surface area (Å²) in [7, 11) is 0. The summed E-state index contributed by atoms with van der Waals surface area (Å²) < 4.78 is 1.11. The van der Waals surface area contributed by atoms with Crippen molar-refractivity contribution in [1.82, 2.24) is 0 Å². The smallest absolute Gasteiger partial charge is 0.0295 e. The molecule has 0 aliphatic rings. The van der Waals surface area contributed by atoms with Crippen LogP contribution in [0.1, 0.15) is 45.2 Å². The number of benzene rings is 1. The Morgan fingerprint density at radius 3 is 2.20 bits per heavy atom. The molecule has 15 heavy (non-hydrogen) atoms. The minimum atomic E-state index is 0.164. The Bertz CT molecular complexity index is 297. The Balaban J connectivity index is 2.54. The maximum absolute atomic E-state index is 6.14. The minimum absolute atomic E-state index is 0.164. The van der Waals surface area contributed by atoms with Gasteiger partial charge in [-0.2, -0.15) is 0 Å². The first-order chi connectivity index (χ1) is 6.88. The fraction of sp³-hybridized carbons (Fsp3) is 0.538. The van der Waals surface area contributed by atoms with Gasteiger partial charge < -0.3 is 5.73 Å². The highest BCUT2D eigenvalue weighted by molar-refractivity contribution is 9.10. The molecule has 1 nitrogen and oxygen atoms in total. The predicted octanol–water partition coefficient (Wildman–Crippen LogP) is 4.28. The van der Waals surface area contributed by atoms with E-state index < -0.39 is 0 Å². The Morgan fingerprint density at radius 1 is 1.20 bits per heavy atom. The molecule has 2 heteroatoms. The average molecular weight is 270 g/mol. The molecule has 0 fully saturated rings. The third-order valence-corrected chi connectivity index (χ3v) is 3.03. The molecule has 0 heterocycles. The van der Waals surface area contributed by atoms with Crippen molar-refractivity contribution in [2.24, 2.45) is 11.1 Å². The van der Waals surface area contributed by atoms with Crippen molar-refractivity contribution in [3.8, 4) is 0 Å². The molecule has 1 rings (SSSR count). The van der Waals surface area contributed by atoms with Crippen molar-refractivity contribution in [1.29, 1.82) is 0 Å². The third-order valence-electron chi connectivity index (χ3n) is 2.50. The van der Waals surface area contributed by atoms with E-state index in [9.17, 15) is 0 Å². The van der Waals surface area contributed by atoms with Crippen LogP contribution >= 0.6 is 15.9 Å². The van der Waals surface area contributed by atoms with Gasteiger partial charge in [0.15, 0.2) is 0 Å². The van der Waals surface area contributed by atoms with Crippen LogP contribution in [-0.2, 0) is 0 Å². The number of hydrogen-bond donors (Lipinski definition) is 1. The number of rotatable bonds is 3. The fourth-order valence-corrected chi connectivity index (χ4v) is 1.73. The zero-order chi connectivity index (χ0) is 11.5. The molecule has 0 spiro atoms. The zero-order valence-corrected chi connectivity index (χ0v) is 11.3. The van der Waals surface area contributed by atoms with Gasteiger partial charge >= 0.3 is 0 Å². The summed E-state index contributed by atoms with van der Waals surface area (Å²) in [6, 6.07) is 8.45. The van der Waals surface area contributed by atoms with E-state index >= 15 is 0 Å². The van der Waals surface area contributed by atoms with Gasteiger partial charge in [-0.25, -0.2) is 0 Å². The van der Waals surface area contributed by atoms with Gasteiger partial charge in [-0.15, -0.1) is 0 Å². The molecule has 0 radical (unpaired) electrons. The van der Waals surface area contributed by atoms with Crippen molar-refractivity contribution < 1.29 is 0 Å². The van der Waals surface area contributed by atoms with Gasteiger partial charge in [-0.05, 0) is 36.0 Å². The van der Waals surface area contributed by atoms with E-state index in [2.05, 4.69) is 48.8 Å². The molecule has 2 N–H and O–H groups in total. The Hall–Kier alpha value is -0.340. The van der Waals surface area contributed by atoms with Crippen molar-refractivity contribution in [2.45, 2.75) is 39.7 Å². The maximum atomic E-state index is 6.14. The molecular formula is C13H20BrN. The number of halogens is 1. The molecule has 0 aliphatic heterocycles. The molecule has 0 aromatic heterocycles. The van der Waals surface area contributed by atoms with E-state index in [0.29, 0.717) is 5.41 Å². The van der Waals surface area contributed by atoms with Gasteiger partial charge in [0.1, 0.15) is 0 Å². The minimum Gasteiger partial charge on any atom is -0.324 e. The second-order valence-corrected chi connectivity index (χ2v) is 6.17. The van der Waals surface area contributed by atoms with Crippen molar-refractivity contribution in [3.05, 3.63) is 34.3 Å². The first kappa shape index (κ1) is 12.7. The van der Waals surface area contributed by atoms with Crippen LogP contribution in [0.2, 0.25) is 0 Å². The van der Waals surface area contributed by atoms with E-state index in [1.54, 1.807) is 0 Å². The highest BCUT2D eigenvalue weighted by Gasteiger charge is 2.13. The van der Waals surface area contributed by atoms with E-state index in [0.717, 1.165) is 17.3 Å². The molecule has 0 bridgehead atoms. The summed E-state index contributed by atoms with van der Waals surface area (Å²) >= 11 is 3.42. The van der Waals surface area contributed by atoms with E-state index in [1.165, 1.54) is 5.56 Å². The molecule has 0 aliphatic carbocycles. The van der Waals surface area contributed by atoms with Gasteiger partial charge in [0.2, 0.25) is 0 Å². The van der Waals surface area contributed by atoms with Gasteiger partial charge in [0.05, 0.1) is 0 Å². The van der Waals surface area contributed by atoms with Crippen LogP contribution in [0.25, 0.3) is 0 Å². The lowest BCUT2D eigenvalue weighted by atomic mass is 9.87. The van der Waals surface area contributed by atoms with Crippen LogP contribution in [0.15, 0.2) is 28.7 Å². The standard InChI is InChI=1S/C13H20BrN/c1-13(2,3)9-8-12(15)10-4-6-11(14)7-5-10/h4-7,12H,8-9,15H2,1-3H3. The van der Waals surface area contributed by atoms with Gasteiger partial charge in [0.25, 0.3) is 0 Å². The first-order valence-electron chi connectivity index (χ1n) is 5.39. The lowest BCUT2D eigenvalue weighted by molar-refractivity contribution is 0.350. The summed E-state index contributed by atoms with van der Waals surface area (Å²) in [6.07, 6.45) is 2.20. The predicted molar refractivity (Wildman–Crippen MR) is 69.8 cm³/mol. The Labute approximate surface area is 101 Å². The topological polar surface area (TPSA) is 26.0 Å². The van der Waals surface area contributed by atoms with E-state index in [-0.39, 0.29) is 6.04 Å². The lowest BCUT2D eigenvalue weighted by Crippen LogP contribution is -2.14. The summed E-state index contributed by atoms with van der Waals surface area (Å²) in [4.78, 5) is 0. The van der Waals surface area contributed by atoms with Crippen LogP contribution < -0.4 is 5.73 Å². The zero-order valence-electron chi connectivity index (χ0n) is 9.76. The van der Waals surface area contributed by atoms with Gasteiger partial charge in [-0.1, -0.05) is 48.8 Å². The molecule has 1 atom stereocenters. The molecule has 0 saturated heterocycles. The average Bonchev–Trinajstić information content (AvgIpc) is 2.14. The highest BCUT2D eigenvalue weighted by atomic mass is 79.9. The van der Waals surface area contributed by atoms with Gasteiger partial charge in [0, 0.05) is 10.5 Å². The van der Waals surface area contributed by atoms with Crippen LogP contribution in [0.4, 0.5) is 0 Å². The quantitative estimate of drug-likeness (QED) is 0.871. The van der Waals surface area contributed by atoms with Crippen LogP contribution in [0.3, 0.4) is 0 Å². The molecule has 84 valence electrons. The molecular weight excluding hydrogens is 250 g/mol. The molecule has 1 aromatic rings. The second-order valence-electron chi connectivity index (χ2n) is 5.26. The normalized spacial score (nSPS) is 13.9.